The zero-order valence-electron chi connectivity index (χ0n) is 16.1. The highest BCUT2D eigenvalue weighted by molar-refractivity contribution is 5.61. The molecule has 1 N–H and O–H groups in total. The maximum absolute atomic E-state index is 4.72. The van der Waals surface area contributed by atoms with E-state index in [4.69, 9.17) is 4.98 Å². The third kappa shape index (κ3) is 4.45. The Balaban J connectivity index is 1.89. The van der Waals surface area contributed by atoms with Crippen molar-refractivity contribution in [3.05, 3.63) is 54.2 Å². The second-order valence-corrected chi connectivity index (χ2v) is 7.82. The molecule has 0 aliphatic carbocycles. The highest BCUT2D eigenvalue weighted by atomic mass is 15.3. The molecule has 6 heteroatoms. The molecule has 3 heterocycles. The summed E-state index contributed by atoms with van der Waals surface area (Å²) >= 11 is 0. The summed E-state index contributed by atoms with van der Waals surface area (Å²) in [7, 11) is 1.92. The lowest BCUT2D eigenvalue weighted by atomic mass is 9.86. The fraction of sp³-hybridized carbons (Fsp3) is 0.400. The van der Waals surface area contributed by atoms with Gasteiger partial charge in [-0.3, -0.25) is 9.67 Å². The fourth-order valence-corrected chi connectivity index (χ4v) is 3.03. The van der Waals surface area contributed by atoms with Crippen molar-refractivity contribution >= 4 is 5.95 Å². The number of rotatable bonds is 5. The van der Waals surface area contributed by atoms with E-state index in [1.54, 1.807) is 17.1 Å². The number of nitrogens with zero attached hydrogens (tertiary/aromatic N) is 5. The molecule has 0 saturated heterocycles. The maximum atomic E-state index is 4.72. The maximum Gasteiger partial charge on any atom is 0.223 e. The zero-order chi connectivity index (χ0) is 18.7. The van der Waals surface area contributed by atoms with E-state index < -0.39 is 0 Å². The first-order valence-electron chi connectivity index (χ1n) is 8.82. The van der Waals surface area contributed by atoms with Gasteiger partial charge in [0.15, 0.2) is 0 Å². The Bertz CT molecular complexity index is 864. The lowest BCUT2D eigenvalue weighted by Crippen LogP contribution is -2.20. The van der Waals surface area contributed by atoms with Gasteiger partial charge in [-0.2, -0.15) is 5.10 Å². The van der Waals surface area contributed by atoms with Crippen LogP contribution in [0.1, 0.15) is 44.5 Å². The predicted octanol–water partition coefficient (Wildman–Crippen LogP) is 4.17. The standard InChI is InChI=1S/C20H26N6/c1-14-16(13-26(5)25-14)17-8-10-22-19(23-17)24-18(11-20(2,3)4)15-7-6-9-21-12-15/h6-10,12-13,18H,11H2,1-5H3,(H,22,23,24)/t18-/m1/s1. The Hall–Kier alpha value is -2.76. The van der Waals surface area contributed by atoms with E-state index >= 15 is 0 Å². The first kappa shape index (κ1) is 18.0. The van der Waals surface area contributed by atoms with Crippen LogP contribution in [-0.2, 0) is 7.05 Å². The number of aryl methyl sites for hydroxylation is 2. The fourth-order valence-electron chi connectivity index (χ4n) is 3.03. The van der Waals surface area contributed by atoms with E-state index in [0.29, 0.717) is 5.95 Å². The molecule has 6 nitrogen and oxygen atoms in total. The molecule has 136 valence electrons. The van der Waals surface area contributed by atoms with Crippen LogP contribution >= 0.6 is 0 Å². The van der Waals surface area contributed by atoms with Gasteiger partial charge in [0.2, 0.25) is 5.95 Å². The van der Waals surface area contributed by atoms with Gasteiger partial charge in [0.25, 0.3) is 0 Å². The zero-order valence-corrected chi connectivity index (χ0v) is 16.1. The largest absolute Gasteiger partial charge is 0.347 e. The van der Waals surface area contributed by atoms with Crippen molar-refractivity contribution < 1.29 is 0 Å². The van der Waals surface area contributed by atoms with Crippen molar-refractivity contribution in [3.8, 4) is 11.3 Å². The Morgan fingerprint density at radius 3 is 2.62 bits per heavy atom. The van der Waals surface area contributed by atoms with Crippen molar-refractivity contribution in [1.82, 2.24) is 24.7 Å². The van der Waals surface area contributed by atoms with E-state index in [-0.39, 0.29) is 11.5 Å². The molecule has 0 fully saturated rings. The van der Waals surface area contributed by atoms with E-state index in [0.717, 1.165) is 28.9 Å². The summed E-state index contributed by atoms with van der Waals surface area (Å²) in [6.45, 7) is 8.68. The molecule has 0 amide bonds. The molecule has 0 aliphatic rings. The third-order valence-electron chi connectivity index (χ3n) is 4.15. The Morgan fingerprint density at radius 1 is 1.19 bits per heavy atom. The summed E-state index contributed by atoms with van der Waals surface area (Å²) in [5, 5.41) is 7.90. The van der Waals surface area contributed by atoms with Crippen molar-refractivity contribution in [2.24, 2.45) is 12.5 Å². The van der Waals surface area contributed by atoms with Gasteiger partial charge in [0.1, 0.15) is 0 Å². The third-order valence-corrected chi connectivity index (χ3v) is 4.15. The smallest absolute Gasteiger partial charge is 0.223 e. The molecule has 0 saturated carbocycles. The van der Waals surface area contributed by atoms with Gasteiger partial charge in [-0.1, -0.05) is 26.8 Å². The van der Waals surface area contributed by atoms with Gasteiger partial charge in [-0.25, -0.2) is 9.97 Å². The SMILES string of the molecule is Cc1nn(C)cc1-c1ccnc(N[C@H](CC(C)(C)C)c2cccnc2)n1. The van der Waals surface area contributed by atoms with Crippen molar-refractivity contribution in [2.75, 3.05) is 5.32 Å². The Kier molecular flexibility index (Phi) is 5.02. The van der Waals surface area contributed by atoms with Gasteiger partial charge >= 0.3 is 0 Å². The summed E-state index contributed by atoms with van der Waals surface area (Å²) < 4.78 is 1.80. The lowest BCUT2D eigenvalue weighted by Gasteiger charge is -2.27. The normalized spacial score (nSPS) is 12.8. The molecule has 0 aliphatic heterocycles. The number of hydrogen-bond acceptors (Lipinski definition) is 5. The second-order valence-electron chi connectivity index (χ2n) is 7.82. The van der Waals surface area contributed by atoms with Crippen LogP contribution in [0.25, 0.3) is 11.3 Å². The average molecular weight is 350 g/mol. The molecular weight excluding hydrogens is 324 g/mol. The number of pyridine rings is 1. The number of anilines is 1. The molecule has 3 aromatic heterocycles. The molecule has 0 bridgehead atoms. The van der Waals surface area contributed by atoms with Crippen LogP contribution in [0.15, 0.2) is 43.0 Å². The predicted molar refractivity (Wildman–Crippen MR) is 104 cm³/mol. The van der Waals surface area contributed by atoms with Crippen LogP contribution in [0.5, 0.6) is 0 Å². The van der Waals surface area contributed by atoms with Crippen molar-refractivity contribution in [1.29, 1.82) is 0 Å². The number of nitrogens with one attached hydrogen (secondary N) is 1. The highest BCUT2D eigenvalue weighted by Crippen LogP contribution is 2.31. The van der Waals surface area contributed by atoms with E-state index in [9.17, 15) is 0 Å². The molecule has 3 aromatic rings. The minimum absolute atomic E-state index is 0.0916. The van der Waals surface area contributed by atoms with Crippen LogP contribution < -0.4 is 5.32 Å². The monoisotopic (exact) mass is 350 g/mol. The molecule has 26 heavy (non-hydrogen) atoms. The minimum atomic E-state index is 0.0916. The van der Waals surface area contributed by atoms with Crippen LogP contribution in [0, 0.1) is 12.3 Å². The molecule has 0 spiro atoms. The van der Waals surface area contributed by atoms with E-state index in [2.05, 4.69) is 47.2 Å². The summed E-state index contributed by atoms with van der Waals surface area (Å²) in [5.74, 6) is 0.615. The van der Waals surface area contributed by atoms with Crippen molar-refractivity contribution in [3.63, 3.8) is 0 Å². The summed E-state index contributed by atoms with van der Waals surface area (Å²) in [6, 6.07) is 6.06. The number of hydrogen-bond donors (Lipinski definition) is 1. The Labute approximate surface area is 154 Å². The molecule has 0 aromatic carbocycles. The molecule has 0 radical (unpaired) electrons. The molecule has 1 atom stereocenters. The Morgan fingerprint density at radius 2 is 2.00 bits per heavy atom. The van der Waals surface area contributed by atoms with Gasteiger partial charge < -0.3 is 5.32 Å². The van der Waals surface area contributed by atoms with E-state index in [1.165, 1.54) is 0 Å². The quantitative estimate of drug-likeness (QED) is 0.748. The lowest BCUT2D eigenvalue weighted by molar-refractivity contribution is 0.351. The van der Waals surface area contributed by atoms with Gasteiger partial charge in [-0.05, 0) is 36.5 Å². The topological polar surface area (TPSA) is 68.5 Å². The first-order valence-corrected chi connectivity index (χ1v) is 8.82. The van der Waals surface area contributed by atoms with Gasteiger partial charge in [-0.15, -0.1) is 0 Å². The van der Waals surface area contributed by atoms with Crippen molar-refractivity contribution in [2.45, 2.75) is 40.2 Å². The average Bonchev–Trinajstić information content (AvgIpc) is 2.92. The second kappa shape index (κ2) is 7.23. The van der Waals surface area contributed by atoms with E-state index in [1.807, 2.05) is 38.5 Å². The van der Waals surface area contributed by atoms with Crippen LogP contribution in [0.3, 0.4) is 0 Å². The summed E-state index contributed by atoms with van der Waals surface area (Å²) in [4.78, 5) is 13.4. The highest BCUT2D eigenvalue weighted by Gasteiger charge is 2.21. The molecule has 3 rings (SSSR count). The van der Waals surface area contributed by atoms with Gasteiger partial charge in [0.05, 0.1) is 17.4 Å². The summed E-state index contributed by atoms with van der Waals surface area (Å²) in [5.41, 5.74) is 4.13. The molecule has 0 unspecified atom stereocenters. The number of aromatic nitrogens is 5. The minimum Gasteiger partial charge on any atom is -0.347 e. The molecular formula is C20H26N6. The first-order chi connectivity index (χ1) is 12.3. The van der Waals surface area contributed by atoms with Crippen LogP contribution in [0.2, 0.25) is 0 Å². The van der Waals surface area contributed by atoms with Crippen LogP contribution in [-0.4, -0.2) is 24.7 Å². The van der Waals surface area contributed by atoms with Gasteiger partial charge in [0, 0.05) is 37.4 Å². The van der Waals surface area contributed by atoms with Crippen LogP contribution in [0.4, 0.5) is 5.95 Å². The summed E-state index contributed by atoms with van der Waals surface area (Å²) in [6.07, 6.45) is 8.40.